The van der Waals surface area contributed by atoms with Crippen LogP contribution in [0.15, 0.2) is 24.5 Å². The highest BCUT2D eigenvalue weighted by molar-refractivity contribution is 5.43. The summed E-state index contributed by atoms with van der Waals surface area (Å²) in [4.78, 5) is 6.68. The van der Waals surface area contributed by atoms with E-state index in [0.717, 1.165) is 12.0 Å². The van der Waals surface area contributed by atoms with Crippen LogP contribution in [-0.2, 0) is 0 Å². The molecule has 0 saturated carbocycles. The number of fused-ring (bicyclic) bond motifs is 1. The average Bonchev–Trinajstić information content (AvgIpc) is 2.70. The van der Waals surface area contributed by atoms with E-state index in [0.29, 0.717) is 0 Å². The molecule has 86 valence electrons. The van der Waals surface area contributed by atoms with E-state index in [1.807, 2.05) is 18.5 Å². The van der Waals surface area contributed by atoms with Crippen molar-refractivity contribution in [2.75, 3.05) is 24.5 Å². The van der Waals surface area contributed by atoms with Gasteiger partial charge < -0.3 is 10.2 Å². The lowest BCUT2D eigenvalue weighted by Gasteiger charge is -2.22. The molecule has 0 amide bonds. The van der Waals surface area contributed by atoms with Gasteiger partial charge in [0.1, 0.15) is 0 Å². The first-order chi connectivity index (χ1) is 7.93. The summed E-state index contributed by atoms with van der Waals surface area (Å²) in [5.41, 5.74) is 1.28. The molecule has 0 aliphatic carbocycles. The van der Waals surface area contributed by atoms with Crippen LogP contribution in [0.1, 0.15) is 19.3 Å². The van der Waals surface area contributed by atoms with E-state index in [4.69, 9.17) is 0 Å². The summed E-state index contributed by atoms with van der Waals surface area (Å²) < 4.78 is 0. The molecule has 3 nitrogen and oxygen atoms in total. The maximum atomic E-state index is 4.21. The third-order valence-electron chi connectivity index (χ3n) is 3.98. The first-order valence-electron chi connectivity index (χ1n) is 6.32. The fraction of sp³-hybridized carbons (Fsp3) is 0.615. The molecule has 2 aliphatic heterocycles. The first kappa shape index (κ1) is 10.1. The Bertz CT molecular complexity index is 324. The molecular formula is C13H19N3. The van der Waals surface area contributed by atoms with Gasteiger partial charge in [0.15, 0.2) is 0 Å². The van der Waals surface area contributed by atoms with E-state index in [9.17, 15) is 0 Å². The van der Waals surface area contributed by atoms with Crippen molar-refractivity contribution in [3.63, 3.8) is 0 Å². The summed E-state index contributed by atoms with van der Waals surface area (Å²) in [6.07, 6.45) is 7.80. The Morgan fingerprint density at radius 3 is 3.06 bits per heavy atom. The summed E-state index contributed by atoms with van der Waals surface area (Å²) in [6, 6.07) is 4.96. The standard InChI is InChI=1S/C13H19N3/c1-2-12(10-14-6-1)16-8-4-11-3-7-15-13(11)5-9-16/h1-2,6,10-11,13,15H,3-5,7-9H2. The zero-order chi connectivity index (χ0) is 10.8. The molecule has 1 N–H and O–H groups in total. The van der Waals surface area contributed by atoms with Gasteiger partial charge in [-0.2, -0.15) is 0 Å². The highest BCUT2D eigenvalue weighted by atomic mass is 15.1. The molecule has 3 rings (SSSR count). The van der Waals surface area contributed by atoms with Crippen molar-refractivity contribution in [3.05, 3.63) is 24.5 Å². The molecule has 1 aromatic heterocycles. The van der Waals surface area contributed by atoms with Crippen molar-refractivity contribution in [2.45, 2.75) is 25.3 Å². The van der Waals surface area contributed by atoms with Crippen LogP contribution >= 0.6 is 0 Å². The number of nitrogens with one attached hydrogen (secondary N) is 1. The Morgan fingerprint density at radius 2 is 2.19 bits per heavy atom. The van der Waals surface area contributed by atoms with E-state index in [1.165, 1.54) is 44.6 Å². The van der Waals surface area contributed by atoms with Gasteiger partial charge in [-0.25, -0.2) is 0 Å². The minimum absolute atomic E-state index is 0.765. The second kappa shape index (κ2) is 4.42. The molecule has 0 spiro atoms. The fourth-order valence-corrected chi connectivity index (χ4v) is 3.03. The lowest BCUT2D eigenvalue weighted by atomic mass is 9.96. The number of nitrogens with zero attached hydrogens (tertiary/aromatic N) is 2. The molecule has 3 heterocycles. The summed E-state index contributed by atoms with van der Waals surface area (Å²) in [5, 5.41) is 3.63. The van der Waals surface area contributed by atoms with Gasteiger partial charge in [-0.1, -0.05) is 0 Å². The van der Waals surface area contributed by atoms with Gasteiger partial charge in [-0.15, -0.1) is 0 Å². The van der Waals surface area contributed by atoms with E-state index < -0.39 is 0 Å². The Hall–Kier alpha value is -1.09. The largest absolute Gasteiger partial charge is 0.370 e. The molecule has 0 bridgehead atoms. The zero-order valence-electron chi connectivity index (χ0n) is 9.60. The lowest BCUT2D eigenvalue weighted by Crippen LogP contribution is -2.28. The number of rotatable bonds is 1. The molecule has 0 aromatic carbocycles. The summed E-state index contributed by atoms with van der Waals surface area (Å²) >= 11 is 0. The monoisotopic (exact) mass is 217 g/mol. The Kier molecular flexibility index (Phi) is 2.79. The number of pyridine rings is 1. The van der Waals surface area contributed by atoms with Crippen molar-refractivity contribution in [3.8, 4) is 0 Å². The van der Waals surface area contributed by atoms with E-state index in [2.05, 4.69) is 21.3 Å². The average molecular weight is 217 g/mol. The van der Waals surface area contributed by atoms with Gasteiger partial charge in [0, 0.05) is 25.3 Å². The van der Waals surface area contributed by atoms with E-state index in [-0.39, 0.29) is 0 Å². The maximum Gasteiger partial charge on any atom is 0.0552 e. The second-order valence-electron chi connectivity index (χ2n) is 4.88. The number of hydrogen-bond donors (Lipinski definition) is 1. The Balaban J connectivity index is 1.71. The van der Waals surface area contributed by atoms with Crippen molar-refractivity contribution in [1.29, 1.82) is 0 Å². The smallest absolute Gasteiger partial charge is 0.0552 e. The summed E-state index contributed by atoms with van der Waals surface area (Å²) in [6.45, 7) is 3.58. The van der Waals surface area contributed by atoms with Crippen LogP contribution in [0.3, 0.4) is 0 Å². The first-order valence-corrected chi connectivity index (χ1v) is 6.32. The maximum absolute atomic E-state index is 4.21. The highest BCUT2D eigenvalue weighted by Crippen LogP contribution is 2.27. The molecule has 2 fully saturated rings. The molecule has 3 heteroatoms. The zero-order valence-corrected chi connectivity index (χ0v) is 9.60. The predicted molar refractivity (Wildman–Crippen MR) is 65.6 cm³/mol. The molecule has 2 aliphatic rings. The van der Waals surface area contributed by atoms with Crippen LogP contribution < -0.4 is 10.2 Å². The highest BCUT2D eigenvalue weighted by Gasteiger charge is 2.29. The second-order valence-corrected chi connectivity index (χ2v) is 4.88. The van der Waals surface area contributed by atoms with E-state index >= 15 is 0 Å². The third kappa shape index (κ3) is 1.92. The van der Waals surface area contributed by atoms with Crippen LogP contribution in [-0.4, -0.2) is 30.7 Å². The molecule has 16 heavy (non-hydrogen) atoms. The van der Waals surface area contributed by atoms with Crippen molar-refractivity contribution in [1.82, 2.24) is 10.3 Å². The van der Waals surface area contributed by atoms with Crippen molar-refractivity contribution >= 4 is 5.69 Å². The number of anilines is 1. The minimum Gasteiger partial charge on any atom is -0.370 e. The van der Waals surface area contributed by atoms with E-state index in [1.54, 1.807) is 0 Å². The molecule has 2 saturated heterocycles. The molecule has 0 radical (unpaired) electrons. The quantitative estimate of drug-likeness (QED) is 0.775. The van der Waals surface area contributed by atoms with Gasteiger partial charge in [0.2, 0.25) is 0 Å². The molecule has 2 unspecified atom stereocenters. The number of hydrogen-bond acceptors (Lipinski definition) is 3. The van der Waals surface area contributed by atoms with Gasteiger partial charge in [-0.05, 0) is 43.9 Å². The number of aromatic nitrogens is 1. The van der Waals surface area contributed by atoms with Crippen LogP contribution in [0.25, 0.3) is 0 Å². The molecule has 1 aromatic rings. The fourth-order valence-electron chi connectivity index (χ4n) is 3.03. The summed E-state index contributed by atoms with van der Waals surface area (Å²) in [5.74, 6) is 0.904. The predicted octanol–water partition coefficient (Wildman–Crippen LogP) is 1.66. The summed E-state index contributed by atoms with van der Waals surface area (Å²) in [7, 11) is 0. The Morgan fingerprint density at radius 1 is 1.25 bits per heavy atom. The van der Waals surface area contributed by atoms with Gasteiger partial charge in [-0.3, -0.25) is 4.98 Å². The lowest BCUT2D eigenvalue weighted by molar-refractivity contribution is 0.436. The molecule has 2 atom stereocenters. The third-order valence-corrected chi connectivity index (χ3v) is 3.98. The normalized spacial score (nSPS) is 29.9. The minimum atomic E-state index is 0.765. The molecular weight excluding hydrogens is 198 g/mol. The SMILES string of the molecule is c1cncc(N2CCC3CCNC3CC2)c1. The van der Waals surface area contributed by atoms with Crippen molar-refractivity contribution in [2.24, 2.45) is 5.92 Å². The van der Waals surface area contributed by atoms with Crippen LogP contribution in [0.2, 0.25) is 0 Å². The van der Waals surface area contributed by atoms with Crippen LogP contribution in [0.5, 0.6) is 0 Å². The Labute approximate surface area is 96.9 Å². The van der Waals surface area contributed by atoms with Gasteiger partial charge in [0.25, 0.3) is 0 Å². The van der Waals surface area contributed by atoms with Crippen LogP contribution in [0.4, 0.5) is 5.69 Å². The topological polar surface area (TPSA) is 28.2 Å². The van der Waals surface area contributed by atoms with Crippen LogP contribution in [0, 0.1) is 5.92 Å². The van der Waals surface area contributed by atoms with Crippen molar-refractivity contribution < 1.29 is 0 Å². The van der Waals surface area contributed by atoms with Gasteiger partial charge >= 0.3 is 0 Å². The van der Waals surface area contributed by atoms with Gasteiger partial charge in [0.05, 0.1) is 11.9 Å².